The molecular weight excluding hydrogens is 817 g/mol. The van der Waals surface area contributed by atoms with Crippen LogP contribution in [0.2, 0.25) is 0 Å². The summed E-state index contributed by atoms with van der Waals surface area (Å²) in [5.41, 5.74) is 3.27. The molecule has 1 spiro atoms. The van der Waals surface area contributed by atoms with Gasteiger partial charge in [-0.05, 0) is 251 Å². The number of hydrogen-bond donors (Lipinski definition) is 0. The highest BCUT2D eigenvalue weighted by Gasteiger charge is 2.49. The third kappa shape index (κ3) is 23.0. The molecule has 3 aliphatic carbocycles. The van der Waals surface area contributed by atoms with Crippen LogP contribution in [0.25, 0.3) is 0 Å². The van der Waals surface area contributed by atoms with E-state index in [9.17, 15) is 0 Å². The molecule has 6 saturated heterocycles. The second kappa shape index (κ2) is 29.5. The summed E-state index contributed by atoms with van der Waals surface area (Å²) in [6.07, 6.45) is 20.4. The van der Waals surface area contributed by atoms with E-state index in [1.165, 1.54) is 162 Å². The monoisotopic (exact) mass is 953 g/mol. The lowest BCUT2D eigenvalue weighted by Crippen LogP contribution is -2.61. The Morgan fingerprint density at radius 3 is 0.925 bits per heavy atom. The molecule has 0 aromatic heterocycles. The fourth-order valence-corrected chi connectivity index (χ4v) is 11.2. The molecule has 9 rings (SSSR count). The second-order valence-corrected chi connectivity index (χ2v) is 27.2. The molecule has 0 N–H and O–H groups in total. The van der Waals surface area contributed by atoms with E-state index < -0.39 is 0 Å². The van der Waals surface area contributed by atoms with Gasteiger partial charge in [0.25, 0.3) is 0 Å². The zero-order valence-corrected chi connectivity index (χ0v) is 44.2. The Kier molecular flexibility index (Phi) is 32.2. The maximum absolute atomic E-state index is 2.67. The first-order chi connectivity index (χ1) is 27.5. The highest BCUT2D eigenvalue weighted by atomic mass is 15.3. The van der Waals surface area contributed by atoms with Crippen LogP contribution in [0.15, 0.2) is 0 Å². The summed E-state index contributed by atoms with van der Waals surface area (Å²) >= 11 is 0. The predicted molar refractivity (Wildman–Crippen MR) is 312 cm³/mol. The minimum absolute atomic E-state index is 0. The van der Waals surface area contributed by atoms with Gasteiger partial charge >= 0.3 is 0 Å². The largest absolute Gasteiger partial charge is 0.298 e. The molecule has 0 bridgehead atoms. The molecule has 6 aliphatic heterocycles. The number of fused-ring (bicyclic) bond motifs is 2. The van der Waals surface area contributed by atoms with Gasteiger partial charge in [-0.1, -0.05) is 77.7 Å². The van der Waals surface area contributed by atoms with Crippen molar-refractivity contribution in [1.82, 2.24) is 29.4 Å². The highest BCUT2D eigenvalue weighted by Crippen LogP contribution is 2.48. The molecule has 0 aromatic rings. The Bertz CT molecular complexity index is 1200. The van der Waals surface area contributed by atoms with Crippen LogP contribution in [-0.4, -0.2) is 141 Å². The van der Waals surface area contributed by atoms with Crippen LogP contribution in [0.5, 0.6) is 0 Å². The number of hydrogen-bond acceptors (Lipinski definition) is 6. The van der Waals surface area contributed by atoms with Crippen molar-refractivity contribution in [2.75, 3.05) is 72.0 Å². The molecule has 0 amide bonds. The Morgan fingerprint density at radius 1 is 0.313 bits per heavy atom. The van der Waals surface area contributed by atoms with E-state index in [0.717, 1.165) is 29.2 Å². The van der Waals surface area contributed by atoms with Crippen LogP contribution in [0.1, 0.15) is 267 Å². The molecule has 6 heterocycles. The molecule has 9 aliphatic rings. The number of likely N-dealkylation sites (tertiary alicyclic amines) is 6. The first-order valence-electron chi connectivity index (χ1n) is 26.0. The van der Waals surface area contributed by atoms with Gasteiger partial charge in [-0.15, -0.1) is 0 Å². The van der Waals surface area contributed by atoms with Crippen LogP contribution < -0.4 is 0 Å². The van der Waals surface area contributed by atoms with E-state index >= 15 is 0 Å². The van der Waals surface area contributed by atoms with Gasteiger partial charge in [0.05, 0.1) is 0 Å². The Labute approximate surface area is 428 Å². The summed E-state index contributed by atoms with van der Waals surface area (Å²) in [6.45, 7) is 56.2. The average Bonchev–Trinajstić information content (AvgIpc) is 3.63. The summed E-state index contributed by atoms with van der Waals surface area (Å²) in [5, 5.41) is 0. The first-order valence-corrected chi connectivity index (χ1v) is 26.0. The predicted octanol–water partition coefficient (Wildman–Crippen LogP) is 16.8. The van der Waals surface area contributed by atoms with Crippen molar-refractivity contribution >= 4 is 0 Å². The van der Waals surface area contributed by atoms with Crippen LogP contribution in [0.4, 0.5) is 0 Å². The van der Waals surface area contributed by atoms with Gasteiger partial charge < -0.3 is 0 Å². The van der Waals surface area contributed by atoms with Crippen LogP contribution >= 0.6 is 0 Å². The van der Waals surface area contributed by atoms with Gasteiger partial charge in [-0.3, -0.25) is 29.4 Å². The molecule has 3 saturated carbocycles. The molecule has 67 heavy (non-hydrogen) atoms. The summed E-state index contributed by atoms with van der Waals surface area (Å²) in [4.78, 5) is 15.5. The Hall–Kier alpha value is -0.240. The summed E-state index contributed by atoms with van der Waals surface area (Å²) in [5.74, 6) is 3.23. The lowest BCUT2D eigenvalue weighted by atomic mass is 9.76. The van der Waals surface area contributed by atoms with Crippen molar-refractivity contribution in [2.45, 2.75) is 306 Å². The number of nitrogens with zero attached hydrogens (tertiary/aromatic N) is 6. The van der Waals surface area contributed by atoms with Crippen molar-refractivity contribution < 1.29 is 0 Å². The number of piperidine rings is 2. The summed E-state index contributed by atoms with van der Waals surface area (Å²) in [6, 6.07) is 0.954. The van der Waals surface area contributed by atoms with Crippen molar-refractivity contribution in [1.29, 1.82) is 0 Å². The van der Waals surface area contributed by atoms with Gasteiger partial charge in [-0.2, -0.15) is 0 Å². The van der Waals surface area contributed by atoms with Gasteiger partial charge in [0.2, 0.25) is 0 Å². The third-order valence-corrected chi connectivity index (χ3v) is 16.1. The molecule has 6 nitrogen and oxygen atoms in total. The van der Waals surface area contributed by atoms with Crippen LogP contribution in [0.3, 0.4) is 0 Å². The first kappa shape index (κ1) is 73.3. The minimum Gasteiger partial charge on any atom is -0.298 e. The third-order valence-electron chi connectivity index (χ3n) is 16.1. The van der Waals surface area contributed by atoms with Crippen LogP contribution in [-0.2, 0) is 0 Å². The quantitative estimate of drug-likeness (QED) is 0.239. The van der Waals surface area contributed by atoms with Gasteiger partial charge in [0.1, 0.15) is 0 Å². The normalized spacial score (nSPS) is 26.8. The molecule has 9 fully saturated rings. The topological polar surface area (TPSA) is 19.4 Å². The lowest BCUT2D eigenvalue weighted by Gasteiger charge is -2.54. The molecule has 410 valence electrons. The smallest absolute Gasteiger partial charge is 0.0141 e. The van der Waals surface area contributed by atoms with Crippen molar-refractivity contribution in [3.8, 4) is 0 Å². The van der Waals surface area contributed by atoms with E-state index in [-0.39, 0.29) is 52.0 Å². The molecule has 0 aromatic carbocycles. The molecular formula is C61H136N6. The standard InChI is InChI=1S/C11H21N.C10H19N.C9H17N.C9H19N.C8H17N.C7H15N.7CH4/c1-10(2,3)12-8-11(9-12)6-4-5-7-11;1-10(2,3)11-7-8-5-4-6-9(8)11;1-9(2,3)10-5-7-4-8(7)6-10;1-9(2,3)10-7-5-4-6-8-10;1-8(2,3)9-6-4-5-7-9;1-7(2,3)8-5-4-6-8;;;;;;;/h4-9H2,1-3H3;8-9H,4-7H2,1-3H3;7-8H,4-6H2,1-3H3;4-8H2,1-3H3;4-7H2,1-3H3;4-6H2,1-3H3;7*1H4. The lowest BCUT2D eigenvalue weighted by molar-refractivity contribution is -0.0546. The van der Waals surface area contributed by atoms with Gasteiger partial charge in [0.15, 0.2) is 0 Å². The SMILES string of the molecule is C.C.C.C.C.C.C.CC(C)(C)N1CC2(CCCC2)C1.CC(C)(C)N1CC2CC2C1.CC(C)(C)N1CC2CCCC21.CC(C)(C)N1CCC1.CC(C)(C)N1CCCC1.CC(C)(C)N1CCCCC1. The maximum atomic E-state index is 2.67. The zero-order chi connectivity index (χ0) is 45.0. The Morgan fingerprint density at radius 2 is 0.657 bits per heavy atom. The van der Waals surface area contributed by atoms with E-state index in [4.69, 9.17) is 0 Å². The van der Waals surface area contributed by atoms with E-state index in [1.807, 2.05) is 0 Å². The molecule has 4 atom stereocenters. The number of rotatable bonds is 0. The van der Waals surface area contributed by atoms with E-state index in [0.29, 0.717) is 33.2 Å². The van der Waals surface area contributed by atoms with Gasteiger partial charge in [-0.25, -0.2) is 0 Å². The van der Waals surface area contributed by atoms with Crippen molar-refractivity contribution in [3.05, 3.63) is 0 Å². The molecule has 6 heteroatoms. The van der Waals surface area contributed by atoms with Crippen molar-refractivity contribution in [3.63, 3.8) is 0 Å². The Balaban J connectivity index is -0.000000350. The minimum atomic E-state index is 0. The maximum Gasteiger partial charge on any atom is 0.0141 e. The fraction of sp³-hybridized carbons (Fsp3) is 1.00. The highest BCUT2D eigenvalue weighted by molar-refractivity contribution is 5.03. The zero-order valence-electron chi connectivity index (χ0n) is 44.2. The van der Waals surface area contributed by atoms with Crippen molar-refractivity contribution in [2.24, 2.45) is 23.2 Å². The molecule has 0 radical (unpaired) electrons. The van der Waals surface area contributed by atoms with Crippen LogP contribution in [0, 0.1) is 23.2 Å². The van der Waals surface area contributed by atoms with E-state index in [1.54, 1.807) is 0 Å². The van der Waals surface area contributed by atoms with E-state index in [2.05, 4.69) is 154 Å². The van der Waals surface area contributed by atoms with Gasteiger partial charge in [0, 0.05) is 72.0 Å². The summed E-state index contributed by atoms with van der Waals surface area (Å²) < 4.78 is 0. The summed E-state index contributed by atoms with van der Waals surface area (Å²) in [7, 11) is 0. The molecule has 4 unspecified atom stereocenters. The fourth-order valence-electron chi connectivity index (χ4n) is 11.2. The second-order valence-electron chi connectivity index (χ2n) is 27.2. The average molecular weight is 954 g/mol.